The van der Waals surface area contributed by atoms with Gasteiger partial charge in [-0.25, -0.2) is 9.36 Å². The van der Waals surface area contributed by atoms with Crippen molar-refractivity contribution in [3.63, 3.8) is 0 Å². The second kappa shape index (κ2) is 6.09. The fourth-order valence-corrected chi connectivity index (χ4v) is 3.94. The Balaban J connectivity index is 1.85. The summed E-state index contributed by atoms with van der Waals surface area (Å²) in [6.45, 7) is 0.326. The summed E-state index contributed by atoms with van der Waals surface area (Å²) in [5.74, 6) is -0.378. The topological polar surface area (TPSA) is 96.0 Å². The number of aromatic nitrogens is 2. The number of hydrogen-bond donors (Lipinski definition) is 3. The number of nitrogens with one attached hydrogen (secondary N) is 3. The molecule has 2 aliphatic heterocycles. The van der Waals surface area contributed by atoms with E-state index in [1.54, 1.807) is 12.1 Å². The Bertz CT molecular complexity index is 1240. The van der Waals surface area contributed by atoms with Crippen LogP contribution >= 0.6 is 0 Å². The fraction of sp³-hybridized carbons (Fsp3) is 0.0952. The number of fused-ring (bicyclic) bond motifs is 1. The zero-order valence-electron chi connectivity index (χ0n) is 14.7. The summed E-state index contributed by atoms with van der Waals surface area (Å²) >= 11 is 0. The first-order valence-electron chi connectivity index (χ1n) is 8.93. The maximum absolute atomic E-state index is 12.9. The smallest absolute Gasteiger partial charge is 0.334 e. The lowest BCUT2D eigenvalue weighted by Crippen LogP contribution is -2.38. The minimum atomic E-state index is -0.561. The van der Waals surface area contributed by atoms with Gasteiger partial charge >= 0.3 is 5.69 Å². The van der Waals surface area contributed by atoms with E-state index in [4.69, 9.17) is 0 Å². The Morgan fingerprint density at radius 1 is 0.893 bits per heavy atom. The van der Waals surface area contributed by atoms with Crippen molar-refractivity contribution in [2.45, 2.75) is 5.92 Å². The van der Waals surface area contributed by atoms with E-state index >= 15 is 0 Å². The van der Waals surface area contributed by atoms with Crippen molar-refractivity contribution in [2.75, 3.05) is 11.9 Å². The van der Waals surface area contributed by atoms with Crippen LogP contribution in [0.1, 0.15) is 17.0 Å². The quantitative estimate of drug-likeness (QED) is 0.635. The van der Waals surface area contributed by atoms with E-state index in [0.29, 0.717) is 34.9 Å². The van der Waals surface area contributed by atoms with Crippen LogP contribution in [-0.2, 0) is 4.79 Å². The van der Waals surface area contributed by atoms with Crippen molar-refractivity contribution in [3.05, 3.63) is 104 Å². The standard InChI is InChI=1S/C21H16N4O3/c26-19-16-14(11-22-19)23-18-17(15(16)12-7-3-1-4-8-12)20(27)24-21(28)25(18)13-9-5-2-6-10-13/h1-10,15,23H,11H2,(H,22,26)(H,24,27,28). The van der Waals surface area contributed by atoms with Gasteiger partial charge in [-0.3, -0.25) is 14.6 Å². The molecule has 3 aromatic rings. The number of carbonyl (C=O) groups is 1. The first kappa shape index (κ1) is 16.3. The SMILES string of the molecule is O=C1NCC2=C1C(c1ccccc1)c1c(n(-c3ccccc3)c(=O)[nH]c1=O)N2. The molecule has 1 atom stereocenters. The molecule has 5 rings (SSSR count). The first-order valence-corrected chi connectivity index (χ1v) is 8.93. The van der Waals surface area contributed by atoms with Crippen LogP contribution in [0.25, 0.3) is 5.69 Å². The van der Waals surface area contributed by atoms with Crippen LogP contribution in [0.5, 0.6) is 0 Å². The number of benzene rings is 2. The third-order valence-electron chi connectivity index (χ3n) is 5.14. The Kier molecular flexibility index (Phi) is 3.55. The van der Waals surface area contributed by atoms with Crippen molar-refractivity contribution in [2.24, 2.45) is 0 Å². The molecule has 0 spiro atoms. The van der Waals surface area contributed by atoms with E-state index in [9.17, 15) is 14.4 Å². The van der Waals surface area contributed by atoms with E-state index in [1.165, 1.54) is 4.57 Å². The molecule has 1 amide bonds. The number of anilines is 1. The van der Waals surface area contributed by atoms with Gasteiger partial charge in [-0.1, -0.05) is 48.5 Å². The summed E-state index contributed by atoms with van der Waals surface area (Å²) in [4.78, 5) is 40.5. The van der Waals surface area contributed by atoms with Gasteiger partial charge in [-0.2, -0.15) is 0 Å². The lowest BCUT2D eigenvalue weighted by Gasteiger charge is -2.28. The zero-order valence-corrected chi connectivity index (χ0v) is 14.7. The predicted octanol–water partition coefficient (Wildman–Crippen LogP) is 1.47. The molecule has 3 heterocycles. The van der Waals surface area contributed by atoms with E-state index < -0.39 is 17.2 Å². The molecule has 0 aliphatic carbocycles. The fourth-order valence-electron chi connectivity index (χ4n) is 3.94. The van der Waals surface area contributed by atoms with Gasteiger partial charge < -0.3 is 10.6 Å². The van der Waals surface area contributed by atoms with Crippen molar-refractivity contribution in [1.29, 1.82) is 0 Å². The van der Waals surface area contributed by atoms with Gasteiger partial charge in [0.05, 0.1) is 29.3 Å². The molecule has 7 nitrogen and oxygen atoms in total. The molecule has 7 heteroatoms. The Morgan fingerprint density at radius 2 is 1.57 bits per heavy atom. The lowest BCUT2D eigenvalue weighted by molar-refractivity contribution is -0.116. The molecular weight excluding hydrogens is 356 g/mol. The Labute approximate surface area is 159 Å². The van der Waals surface area contributed by atoms with Gasteiger partial charge in [-0.05, 0) is 17.7 Å². The van der Waals surface area contributed by atoms with Crippen LogP contribution in [0.4, 0.5) is 5.82 Å². The van der Waals surface area contributed by atoms with Crippen molar-refractivity contribution >= 4 is 11.7 Å². The van der Waals surface area contributed by atoms with Crippen molar-refractivity contribution < 1.29 is 4.79 Å². The molecule has 0 saturated heterocycles. The molecule has 0 bridgehead atoms. The molecule has 0 saturated carbocycles. The largest absolute Gasteiger partial charge is 0.347 e. The number of carbonyl (C=O) groups excluding carboxylic acids is 1. The summed E-state index contributed by atoms with van der Waals surface area (Å²) in [5, 5.41) is 5.99. The zero-order chi connectivity index (χ0) is 19.3. The average molecular weight is 372 g/mol. The molecule has 2 aromatic carbocycles. The highest BCUT2D eigenvalue weighted by Gasteiger charge is 2.40. The number of amides is 1. The van der Waals surface area contributed by atoms with E-state index in [-0.39, 0.29) is 5.91 Å². The number of H-pyrrole nitrogens is 1. The van der Waals surface area contributed by atoms with Crippen LogP contribution in [0.2, 0.25) is 0 Å². The van der Waals surface area contributed by atoms with E-state index in [2.05, 4.69) is 15.6 Å². The number of rotatable bonds is 2. The third kappa shape index (κ3) is 2.33. The average Bonchev–Trinajstić information content (AvgIpc) is 3.08. The second-order valence-corrected chi connectivity index (χ2v) is 6.74. The predicted molar refractivity (Wildman–Crippen MR) is 105 cm³/mol. The normalized spacial score (nSPS) is 17.6. The molecule has 1 aromatic heterocycles. The molecule has 28 heavy (non-hydrogen) atoms. The maximum Gasteiger partial charge on any atom is 0.334 e. The van der Waals surface area contributed by atoms with Crippen LogP contribution < -0.4 is 21.9 Å². The van der Waals surface area contributed by atoms with Crippen LogP contribution in [0.3, 0.4) is 0 Å². The van der Waals surface area contributed by atoms with E-state index in [0.717, 1.165) is 5.56 Å². The van der Waals surface area contributed by atoms with Crippen LogP contribution in [0.15, 0.2) is 81.5 Å². The molecule has 0 radical (unpaired) electrons. The molecule has 138 valence electrons. The summed E-state index contributed by atoms with van der Waals surface area (Å²) in [6, 6.07) is 18.5. The maximum atomic E-state index is 12.9. The highest BCUT2D eigenvalue weighted by atomic mass is 16.2. The number of para-hydroxylation sites is 1. The van der Waals surface area contributed by atoms with Crippen molar-refractivity contribution in [3.8, 4) is 5.69 Å². The van der Waals surface area contributed by atoms with Crippen LogP contribution in [0, 0.1) is 0 Å². The molecular formula is C21H16N4O3. The summed E-state index contributed by atoms with van der Waals surface area (Å²) < 4.78 is 1.44. The highest BCUT2D eigenvalue weighted by molar-refractivity contribution is 6.01. The lowest BCUT2D eigenvalue weighted by atomic mass is 9.82. The number of aromatic amines is 1. The summed E-state index contributed by atoms with van der Waals surface area (Å²) in [6.07, 6.45) is 0. The molecule has 0 fully saturated rings. The number of hydrogen-bond acceptors (Lipinski definition) is 4. The summed E-state index contributed by atoms with van der Waals surface area (Å²) in [5.41, 5.74) is 1.96. The third-order valence-corrected chi connectivity index (χ3v) is 5.14. The monoisotopic (exact) mass is 372 g/mol. The molecule has 2 aliphatic rings. The second-order valence-electron chi connectivity index (χ2n) is 6.74. The van der Waals surface area contributed by atoms with E-state index in [1.807, 2.05) is 48.5 Å². The molecule has 1 unspecified atom stereocenters. The summed E-state index contributed by atoms with van der Waals surface area (Å²) in [7, 11) is 0. The van der Waals surface area contributed by atoms with Gasteiger partial charge in [-0.15, -0.1) is 0 Å². The van der Waals surface area contributed by atoms with Gasteiger partial charge in [0.1, 0.15) is 5.82 Å². The van der Waals surface area contributed by atoms with Crippen molar-refractivity contribution in [1.82, 2.24) is 14.9 Å². The minimum absolute atomic E-state index is 0.209. The van der Waals surface area contributed by atoms with Gasteiger partial charge in [0.25, 0.3) is 5.56 Å². The highest BCUT2D eigenvalue weighted by Crippen LogP contribution is 2.41. The molecule has 3 N–H and O–H groups in total. The van der Waals surface area contributed by atoms with Gasteiger partial charge in [0.2, 0.25) is 5.91 Å². The minimum Gasteiger partial charge on any atom is -0.347 e. The Morgan fingerprint density at radius 3 is 2.29 bits per heavy atom. The first-order chi connectivity index (χ1) is 13.6. The van der Waals surface area contributed by atoms with Gasteiger partial charge in [0.15, 0.2) is 0 Å². The number of nitrogens with zero attached hydrogens (tertiary/aromatic N) is 1. The van der Waals surface area contributed by atoms with Crippen LogP contribution in [-0.4, -0.2) is 22.0 Å². The Hall–Kier alpha value is -3.87. The van der Waals surface area contributed by atoms with Gasteiger partial charge in [0, 0.05) is 5.70 Å².